The first kappa shape index (κ1) is 13.1. The zero-order valence-electron chi connectivity index (χ0n) is 10.1. The number of ether oxygens (including phenoxy) is 1. The number of halogens is 3. The summed E-state index contributed by atoms with van der Waals surface area (Å²) in [4.78, 5) is 0. The highest BCUT2D eigenvalue weighted by atomic mass is 19.4. The third-order valence-electron chi connectivity index (χ3n) is 4.24. The lowest BCUT2D eigenvalue weighted by molar-refractivity contribution is -0.176. The van der Waals surface area contributed by atoms with Crippen LogP contribution in [0.4, 0.5) is 13.2 Å². The van der Waals surface area contributed by atoms with Crippen molar-refractivity contribution in [2.45, 2.75) is 57.3 Å². The van der Waals surface area contributed by atoms with E-state index in [0.717, 1.165) is 19.3 Å². The quantitative estimate of drug-likeness (QED) is 0.811. The van der Waals surface area contributed by atoms with Crippen molar-refractivity contribution >= 4 is 0 Å². The Balaban J connectivity index is 1.76. The van der Waals surface area contributed by atoms with E-state index in [4.69, 9.17) is 4.74 Å². The van der Waals surface area contributed by atoms with Gasteiger partial charge in [-0.2, -0.15) is 13.2 Å². The van der Waals surface area contributed by atoms with Gasteiger partial charge >= 0.3 is 6.18 Å². The van der Waals surface area contributed by atoms with E-state index in [-0.39, 0.29) is 24.1 Å². The maximum atomic E-state index is 12.0. The second-order valence-corrected chi connectivity index (χ2v) is 5.14. The predicted molar refractivity (Wildman–Crippen MR) is 58.8 cm³/mol. The Hall–Kier alpha value is -0.290. The van der Waals surface area contributed by atoms with Gasteiger partial charge in [0.1, 0.15) is 0 Å². The molecule has 2 rings (SSSR count). The van der Waals surface area contributed by atoms with Crippen LogP contribution in [0.5, 0.6) is 0 Å². The number of hydrogen-bond acceptors (Lipinski definition) is 2. The zero-order valence-corrected chi connectivity index (χ0v) is 10.1. The first-order valence-electron chi connectivity index (χ1n) is 6.40. The van der Waals surface area contributed by atoms with E-state index in [1.54, 1.807) is 0 Å². The molecule has 5 heteroatoms. The van der Waals surface area contributed by atoms with Crippen LogP contribution in [0, 0.1) is 5.41 Å². The van der Waals surface area contributed by atoms with Gasteiger partial charge in [0.05, 0.1) is 12.5 Å². The van der Waals surface area contributed by atoms with Crippen molar-refractivity contribution in [3.8, 4) is 0 Å². The van der Waals surface area contributed by atoms with Crippen LogP contribution in [0.1, 0.15) is 39.0 Å². The van der Waals surface area contributed by atoms with Crippen LogP contribution in [0.2, 0.25) is 0 Å². The molecule has 2 atom stereocenters. The van der Waals surface area contributed by atoms with Gasteiger partial charge < -0.3 is 10.1 Å². The summed E-state index contributed by atoms with van der Waals surface area (Å²) in [5, 5.41) is 3.06. The summed E-state index contributed by atoms with van der Waals surface area (Å²) in [6.45, 7) is 2.70. The summed E-state index contributed by atoms with van der Waals surface area (Å²) in [7, 11) is 0. The Bertz CT molecular complexity index is 263. The molecule has 1 spiro atoms. The maximum Gasteiger partial charge on any atom is 0.390 e. The van der Waals surface area contributed by atoms with Crippen molar-refractivity contribution in [1.82, 2.24) is 5.32 Å². The molecular weight excluding hydrogens is 231 g/mol. The second-order valence-electron chi connectivity index (χ2n) is 5.14. The average Bonchev–Trinajstić information content (AvgIpc) is 2.10. The summed E-state index contributed by atoms with van der Waals surface area (Å²) in [6, 6.07) is 0.232. The van der Waals surface area contributed by atoms with Gasteiger partial charge in [0.2, 0.25) is 0 Å². The van der Waals surface area contributed by atoms with Crippen molar-refractivity contribution in [1.29, 1.82) is 0 Å². The van der Waals surface area contributed by atoms with E-state index in [2.05, 4.69) is 5.32 Å². The fraction of sp³-hybridized carbons (Fsp3) is 1.00. The second kappa shape index (κ2) is 4.76. The molecule has 1 N–H and O–H groups in total. The van der Waals surface area contributed by atoms with Crippen molar-refractivity contribution < 1.29 is 17.9 Å². The van der Waals surface area contributed by atoms with Gasteiger partial charge in [-0.25, -0.2) is 0 Å². The third kappa shape index (κ3) is 2.60. The SMILES string of the molecule is CCOC1CC(NCCC(F)(F)F)C12CCC2. The largest absolute Gasteiger partial charge is 0.390 e. The lowest BCUT2D eigenvalue weighted by Gasteiger charge is -2.61. The van der Waals surface area contributed by atoms with E-state index in [0.29, 0.717) is 6.61 Å². The van der Waals surface area contributed by atoms with Gasteiger partial charge in [0, 0.05) is 24.6 Å². The van der Waals surface area contributed by atoms with Gasteiger partial charge in [-0.15, -0.1) is 0 Å². The molecule has 2 fully saturated rings. The Morgan fingerprint density at radius 1 is 1.35 bits per heavy atom. The summed E-state index contributed by atoms with van der Waals surface area (Å²) in [6.07, 6.45) is -0.276. The van der Waals surface area contributed by atoms with Crippen LogP contribution in [-0.4, -0.2) is 31.5 Å². The van der Waals surface area contributed by atoms with Crippen LogP contribution in [0.3, 0.4) is 0 Å². The molecule has 0 saturated heterocycles. The highest BCUT2D eigenvalue weighted by Gasteiger charge is 2.58. The molecular formula is C12H20F3NO. The van der Waals surface area contributed by atoms with Crippen molar-refractivity contribution in [3.63, 3.8) is 0 Å². The van der Waals surface area contributed by atoms with Gasteiger partial charge in [-0.05, 0) is 26.2 Å². The Morgan fingerprint density at radius 2 is 2.06 bits per heavy atom. The number of nitrogens with one attached hydrogen (secondary N) is 1. The molecule has 17 heavy (non-hydrogen) atoms. The summed E-state index contributed by atoms with van der Waals surface area (Å²) >= 11 is 0. The molecule has 0 bridgehead atoms. The number of rotatable bonds is 5. The van der Waals surface area contributed by atoms with Crippen LogP contribution < -0.4 is 5.32 Å². The molecule has 0 radical (unpaired) electrons. The third-order valence-corrected chi connectivity index (χ3v) is 4.24. The number of hydrogen-bond donors (Lipinski definition) is 1. The molecule has 0 aromatic heterocycles. The van der Waals surface area contributed by atoms with Crippen molar-refractivity contribution in [2.24, 2.45) is 5.41 Å². The molecule has 2 nitrogen and oxygen atoms in total. The fourth-order valence-electron chi connectivity index (χ4n) is 3.11. The van der Waals surface area contributed by atoms with Crippen LogP contribution in [-0.2, 0) is 4.74 Å². The summed E-state index contributed by atoms with van der Waals surface area (Å²) in [5.41, 5.74) is 0.154. The van der Waals surface area contributed by atoms with Crippen molar-refractivity contribution in [3.05, 3.63) is 0 Å². The van der Waals surface area contributed by atoms with Crippen molar-refractivity contribution in [2.75, 3.05) is 13.2 Å². The Kier molecular flexibility index (Phi) is 3.69. The Morgan fingerprint density at radius 3 is 2.53 bits per heavy atom. The highest BCUT2D eigenvalue weighted by molar-refractivity contribution is 5.12. The van der Waals surface area contributed by atoms with Gasteiger partial charge in [-0.3, -0.25) is 0 Å². The fourth-order valence-corrected chi connectivity index (χ4v) is 3.11. The van der Waals surface area contributed by atoms with Gasteiger partial charge in [0.25, 0.3) is 0 Å². The molecule has 2 aliphatic rings. The molecule has 2 aliphatic carbocycles. The van der Waals surface area contributed by atoms with E-state index in [1.165, 1.54) is 6.42 Å². The number of alkyl halides is 3. The van der Waals surface area contributed by atoms with Gasteiger partial charge in [-0.1, -0.05) is 6.42 Å². The molecule has 100 valence electrons. The zero-order chi connectivity index (χ0) is 12.5. The Labute approximate surface area is 99.9 Å². The van der Waals surface area contributed by atoms with E-state index in [9.17, 15) is 13.2 Å². The molecule has 0 aliphatic heterocycles. The molecule has 2 unspecified atom stereocenters. The minimum Gasteiger partial charge on any atom is -0.378 e. The smallest absolute Gasteiger partial charge is 0.378 e. The predicted octanol–water partition coefficient (Wildman–Crippen LogP) is 2.88. The molecule has 0 heterocycles. The monoisotopic (exact) mass is 251 g/mol. The first-order valence-corrected chi connectivity index (χ1v) is 6.40. The molecule has 2 saturated carbocycles. The minimum absolute atomic E-state index is 0.0365. The normalized spacial score (nSPS) is 31.1. The first-order chi connectivity index (χ1) is 7.98. The van der Waals surface area contributed by atoms with E-state index < -0.39 is 12.6 Å². The van der Waals surface area contributed by atoms with E-state index in [1.807, 2.05) is 6.92 Å². The maximum absolute atomic E-state index is 12.0. The van der Waals surface area contributed by atoms with Gasteiger partial charge in [0.15, 0.2) is 0 Å². The average molecular weight is 251 g/mol. The van der Waals surface area contributed by atoms with E-state index >= 15 is 0 Å². The molecule has 0 aromatic carbocycles. The minimum atomic E-state index is -4.05. The standard InChI is InChI=1S/C12H20F3NO/c1-2-17-10-8-9(11(10)4-3-5-11)16-7-6-12(13,14)15/h9-10,16H,2-8H2,1H3. The summed E-state index contributed by atoms with van der Waals surface area (Å²) < 4.78 is 41.8. The van der Waals surface area contributed by atoms with Crippen LogP contribution >= 0.6 is 0 Å². The molecule has 0 amide bonds. The topological polar surface area (TPSA) is 21.3 Å². The highest BCUT2D eigenvalue weighted by Crippen LogP contribution is 2.57. The lowest BCUT2D eigenvalue weighted by atomic mass is 9.51. The van der Waals surface area contributed by atoms with Crippen LogP contribution in [0.25, 0.3) is 0 Å². The molecule has 0 aromatic rings. The lowest BCUT2D eigenvalue weighted by Crippen LogP contribution is -2.67. The summed E-state index contributed by atoms with van der Waals surface area (Å²) in [5.74, 6) is 0. The van der Waals surface area contributed by atoms with Crippen LogP contribution in [0.15, 0.2) is 0 Å².